The van der Waals surface area contributed by atoms with Gasteiger partial charge in [0.05, 0.1) is 5.69 Å². The molecule has 1 aliphatic rings. The van der Waals surface area contributed by atoms with E-state index in [2.05, 4.69) is 74.8 Å². The molecule has 0 spiro atoms. The van der Waals surface area contributed by atoms with Crippen molar-refractivity contribution < 1.29 is 4.52 Å². The molecule has 3 rings (SSSR count). The van der Waals surface area contributed by atoms with Gasteiger partial charge in [-0.25, -0.2) is 0 Å². The zero-order valence-corrected chi connectivity index (χ0v) is 17.3. The molecular formula is C20H27BrN4O. The Bertz CT molecular complexity index is 758. The third-order valence-corrected chi connectivity index (χ3v) is 5.85. The molecule has 0 saturated heterocycles. The van der Waals surface area contributed by atoms with Crippen LogP contribution in [0.3, 0.4) is 0 Å². The predicted octanol–water partition coefficient (Wildman–Crippen LogP) is 3.96. The monoisotopic (exact) mass is 418 g/mol. The lowest BCUT2D eigenvalue weighted by molar-refractivity contribution is 0.380. The number of guanidine groups is 1. The van der Waals surface area contributed by atoms with Gasteiger partial charge in [-0.15, -0.1) is 0 Å². The van der Waals surface area contributed by atoms with E-state index in [0.29, 0.717) is 6.54 Å². The third-order valence-electron chi connectivity index (χ3n) is 5.16. The summed E-state index contributed by atoms with van der Waals surface area (Å²) in [6, 6.07) is 8.50. The number of aryl methyl sites for hydroxylation is 2. The highest BCUT2D eigenvalue weighted by atomic mass is 79.9. The highest BCUT2D eigenvalue weighted by molar-refractivity contribution is 9.10. The van der Waals surface area contributed by atoms with Crippen LogP contribution in [-0.4, -0.2) is 24.7 Å². The number of nitrogens with zero attached hydrogens (tertiary/aromatic N) is 2. The molecule has 0 aliphatic heterocycles. The largest absolute Gasteiger partial charge is 0.361 e. The van der Waals surface area contributed by atoms with E-state index < -0.39 is 0 Å². The minimum atomic E-state index is 0.206. The summed E-state index contributed by atoms with van der Waals surface area (Å²) in [5.41, 5.74) is 3.77. The predicted molar refractivity (Wildman–Crippen MR) is 109 cm³/mol. The van der Waals surface area contributed by atoms with Crippen LogP contribution in [0.15, 0.2) is 38.3 Å². The average Bonchev–Trinajstić information content (AvgIpc) is 3.34. The van der Waals surface area contributed by atoms with Crippen molar-refractivity contribution >= 4 is 21.9 Å². The molecule has 0 amide bonds. The quantitative estimate of drug-likeness (QED) is 0.527. The van der Waals surface area contributed by atoms with Crippen LogP contribution >= 0.6 is 15.9 Å². The summed E-state index contributed by atoms with van der Waals surface area (Å²) >= 11 is 3.69. The van der Waals surface area contributed by atoms with Gasteiger partial charge in [-0.3, -0.25) is 4.99 Å². The van der Waals surface area contributed by atoms with Gasteiger partial charge in [0.25, 0.3) is 0 Å². The van der Waals surface area contributed by atoms with Crippen molar-refractivity contribution in [2.75, 3.05) is 13.6 Å². The number of aromatic nitrogens is 1. The van der Waals surface area contributed by atoms with Crippen LogP contribution in [0.4, 0.5) is 0 Å². The molecule has 26 heavy (non-hydrogen) atoms. The van der Waals surface area contributed by atoms with Crippen LogP contribution in [0, 0.1) is 0 Å². The number of hydrogen-bond donors (Lipinski definition) is 2. The smallest absolute Gasteiger partial charge is 0.191 e. The first-order chi connectivity index (χ1) is 12.6. The Morgan fingerprint density at radius 3 is 2.62 bits per heavy atom. The molecule has 1 saturated carbocycles. The summed E-state index contributed by atoms with van der Waals surface area (Å²) < 4.78 is 6.63. The van der Waals surface area contributed by atoms with Crippen molar-refractivity contribution in [1.29, 1.82) is 0 Å². The number of benzene rings is 1. The van der Waals surface area contributed by atoms with Crippen LogP contribution in [0.5, 0.6) is 0 Å². The number of aliphatic imine (C=N–C) groups is 1. The number of hydrogen-bond acceptors (Lipinski definition) is 3. The lowest BCUT2D eigenvalue weighted by atomic mass is 9.96. The molecule has 0 radical (unpaired) electrons. The fourth-order valence-electron chi connectivity index (χ4n) is 3.37. The molecule has 1 fully saturated rings. The molecular weight excluding hydrogens is 392 g/mol. The Morgan fingerprint density at radius 1 is 1.23 bits per heavy atom. The lowest BCUT2D eigenvalue weighted by Crippen LogP contribution is -2.41. The van der Waals surface area contributed by atoms with E-state index in [0.717, 1.165) is 42.4 Å². The second kappa shape index (κ2) is 8.25. The molecule has 0 bridgehead atoms. The minimum Gasteiger partial charge on any atom is -0.361 e. The van der Waals surface area contributed by atoms with Gasteiger partial charge in [-0.2, -0.15) is 0 Å². The van der Waals surface area contributed by atoms with E-state index in [4.69, 9.17) is 4.52 Å². The Hall–Kier alpha value is -1.82. The summed E-state index contributed by atoms with van der Waals surface area (Å²) in [4.78, 5) is 4.38. The van der Waals surface area contributed by atoms with Crippen molar-refractivity contribution in [2.24, 2.45) is 4.99 Å². The van der Waals surface area contributed by atoms with Crippen molar-refractivity contribution in [3.8, 4) is 0 Å². The minimum absolute atomic E-state index is 0.206. The van der Waals surface area contributed by atoms with E-state index in [9.17, 15) is 0 Å². The van der Waals surface area contributed by atoms with Gasteiger partial charge < -0.3 is 15.2 Å². The van der Waals surface area contributed by atoms with E-state index in [1.165, 1.54) is 22.9 Å². The summed E-state index contributed by atoms with van der Waals surface area (Å²) in [5.74, 6) is 1.77. The number of nitrogens with one attached hydrogen (secondary N) is 2. The third kappa shape index (κ3) is 3.95. The van der Waals surface area contributed by atoms with Gasteiger partial charge in [-0.1, -0.05) is 53.1 Å². The van der Waals surface area contributed by atoms with Gasteiger partial charge >= 0.3 is 0 Å². The van der Waals surface area contributed by atoms with Crippen LogP contribution in [0.1, 0.15) is 49.3 Å². The first-order valence-corrected chi connectivity index (χ1v) is 10.1. The van der Waals surface area contributed by atoms with E-state index in [1.807, 2.05) is 7.05 Å². The summed E-state index contributed by atoms with van der Waals surface area (Å²) in [6.07, 6.45) is 4.12. The Balaban J connectivity index is 1.61. The average molecular weight is 419 g/mol. The molecule has 1 heterocycles. The van der Waals surface area contributed by atoms with Crippen LogP contribution in [-0.2, 0) is 24.8 Å². The standard InChI is InChI=1S/C20H27BrN4O/c1-4-17-14(18(5-2)26-25-17)12-23-19(22-3)24-13-20(10-11-20)15-8-6-7-9-16(15)21/h6-9H,4-5,10-13H2,1-3H3,(H2,22,23,24). The number of halogens is 1. The summed E-state index contributed by atoms with van der Waals surface area (Å²) in [5, 5.41) is 11.1. The van der Waals surface area contributed by atoms with Crippen molar-refractivity contribution in [3.63, 3.8) is 0 Å². The van der Waals surface area contributed by atoms with Crippen molar-refractivity contribution in [1.82, 2.24) is 15.8 Å². The second-order valence-corrected chi connectivity index (χ2v) is 7.63. The maximum atomic E-state index is 5.44. The fraction of sp³-hybridized carbons (Fsp3) is 0.500. The van der Waals surface area contributed by atoms with E-state index in [1.54, 1.807) is 0 Å². The molecule has 0 atom stereocenters. The topological polar surface area (TPSA) is 62.5 Å². The van der Waals surface area contributed by atoms with Crippen LogP contribution in [0.2, 0.25) is 0 Å². The van der Waals surface area contributed by atoms with Crippen LogP contribution in [0.25, 0.3) is 0 Å². The highest BCUT2D eigenvalue weighted by Crippen LogP contribution is 2.49. The molecule has 1 aromatic carbocycles. The van der Waals surface area contributed by atoms with Crippen molar-refractivity contribution in [3.05, 3.63) is 51.3 Å². The lowest BCUT2D eigenvalue weighted by Gasteiger charge is -2.20. The molecule has 6 heteroatoms. The van der Waals surface area contributed by atoms with Gasteiger partial charge in [0.15, 0.2) is 5.96 Å². The molecule has 0 unspecified atom stereocenters. The molecule has 140 valence electrons. The Morgan fingerprint density at radius 2 is 2.00 bits per heavy atom. The van der Waals surface area contributed by atoms with Gasteiger partial charge in [0, 0.05) is 42.0 Å². The molecule has 1 aromatic heterocycles. The molecule has 2 N–H and O–H groups in total. The Labute approximate surface area is 163 Å². The van der Waals surface area contributed by atoms with Gasteiger partial charge in [0.1, 0.15) is 5.76 Å². The summed E-state index contributed by atoms with van der Waals surface area (Å²) in [7, 11) is 1.81. The normalized spacial score (nSPS) is 15.8. The zero-order chi connectivity index (χ0) is 18.6. The van der Waals surface area contributed by atoms with Crippen molar-refractivity contribution in [2.45, 2.75) is 51.5 Å². The maximum absolute atomic E-state index is 5.44. The molecule has 2 aromatic rings. The van der Waals surface area contributed by atoms with E-state index >= 15 is 0 Å². The molecule has 5 nitrogen and oxygen atoms in total. The summed E-state index contributed by atoms with van der Waals surface area (Å²) in [6.45, 7) is 5.74. The maximum Gasteiger partial charge on any atom is 0.191 e. The SMILES string of the molecule is CCc1noc(CC)c1CNC(=NC)NCC1(c2ccccc2Br)CC1. The van der Waals surface area contributed by atoms with E-state index in [-0.39, 0.29) is 5.41 Å². The van der Waals surface area contributed by atoms with Gasteiger partial charge in [0.2, 0.25) is 0 Å². The fourth-order valence-corrected chi connectivity index (χ4v) is 4.07. The second-order valence-electron chi connectivity index (χ2n) is 6.78. The highest BCUT2D eigenvalue weighted by Gasteiger charge is 2.45. The first kappa shape index (κ1) is 19.0. The van der Waals surface area contributed by atoms with Gasteiger partial charge in [-0.05, 0) is 30.9 Å². The van der Waals surface area contributed by atoms with Crippen LogP contribution < -0.4 is 10.6 Å². The zero-order valence-electron chi connectivity index (χ0n) is 15.7. The first-order valence-electron chi connectivity index (χ1n) is 9.29. The molecule has 1 aliphatic carbocycles. The Kier molecular flexibility index (Phi) is 6.01. The number of rotatable bonds is 7.